The van der Waals surface area contributed by atoms with Gasteiger partial charge in [0.1, 0.15) is 17.6 Å². The van der Waals surface area contributed by atoms with E-state index in [1.165, 1.54) is 16.7 Å². The molecule has 126 valence electrons. The number of ether oxygens (including phenoxy) is 1. The molecule has 0 spiro atoms. The molecule has 0 fully saturated rings. The molecule has 0 amide bonds. The molecule has 1 atom stereocenters. The normalized spacial score (nSPS) is 16.5. The molecule has 3 nitrogen and oxygen atoms in total. The molecular formula is C21H25NO2. The fraction of sp³-hybridized carbons (Fsp3) is 0.333. The van der Waals surface area contributed by atoms with Crippen molar-refractivity contribution < 1.29 is 9.84 Å². The molecule has 1 unspecified atom stereocenters. The first-order chi connectivity index (χ1) is 11.4. The molecule has 24 heavy (non-hydrogen) atoms. The Morgan fingerprint density at radius 1 is 1.25 bits per heavy atom. The molecule has 1 heterocycles. The van der Waals surface area contributed by atoms with E-state index in [1.807, 2.05) is 13.0 Å². The zero-order valence-corrected chi connectivity index (χ0v) is 14.7. The first-order valence-electron chi connectivity index (χ1n) is 8.37. The monoisotopic (exact) mass is 323 g/mol. The van der Waals surface area contributed by atoms with Gasteiger partial charge < -0.3 is 14.7 Å². The van der Waals surface area contributed by atoms with Crippen LogP contribution in [0.25, 0.3) is 0 Å². The number of aryl methyl sites for hydroxylation is 2. The highest BCUT2D eigenvalue weighted by molar-refractivity contribution is 5.63. The van der Waals surface area contributed by atoms with Crippen LogP contribution < -0.4 is 9.64 Å². The van der Waals surface area contributed by atoms with Crippen molar-refractivity contribution in [1.82, 2.24) is 0 Å². The fourth-order valence-electron chi connectivity index (χ4n) is 3.32. The van der Waals surface area contributed by atoms with Gasteiger partial charge in [0, 0.05) is 19.0 Å². The molecule has 3 rings (SSSR count). The maximum Gasteiger partial charge on any atom is 0.146 e. The maximum atomic E-state index is 9.79. The van der Waals surface area contributed by atoms with Crippen molar-refractivity contribution in [2.75, 3.05) is 18.0 Å². The highest BCUT2D eigenvalue weighted by Crippen LogP contribution is 2.37. The van der Waals surface area contributed by atoms with Gasteiger partial charge in [-0.3, -0.25) is 0 Å². The lowest BCUT2D eigenvalue weighted by Crippen LogP contribution is -2.42. The Kier molecular flexibility index (Phi) is 4.52. The van der Waals surface area contributed by atoms with Gasteiger partial charge in [0.15, 0.2) is 0 Å². The third-order valence-corrected chi connectivity index (χ3v) is 4.41. The maximum absolute atomic E-state index is 9.79. The Bertz CT molecular complexity index is 766. The van der Waals surface area contributed by atoms with Gasteiger partial charge in [-0.05, 0) is 44.0 Å². The third-order valence-electron chi connectivity index (χ3n) is 4.41. The quantitative estimate of drug-likeness (QED) is 0.847. The summed E-state index contributed by atoms with van der Waals surface area (Å²) < 4.78 is 6.18. The molecule has 2 aromatic rings. The number of fused-ring (bicyclic) bond motifs is 1. The van der Waals surface area contributed by atoms with E-state index in [4.69, 9.17) is 4.74 Å². The smallest absolute Gasteiger partial charge is 0.146 e. The number of anilines is 1. The lowest BCUT2D eigenvalue weighted by Gasteiger charge is -2.36. The predicted octanol–water partition coefficient (Wildman–Crippen LogP) is 4.40. The van der Waals surface area contributed by atoms with Gasteiger partial charge in [-0.15, -0.1) is 0 Å². The average Bonchev–Trinajstić information content (AvgIpc) is 2.49. The third kappa shape index (κ3) is 3.56. The molecule has 3 heteroatoms. The zero-order valence-electron chi connectivity index (χ0n) is 14.7. The highest BCUT2D eigenvalue weighted by Gasteiger charge is 2.26. The number of hydrogen-bond acceptors (Lipinski definition) is 3. The fourth-order valence-corrected chi connectivity index (χ4v) is 3.32. The van der Waals surface area contributed by atoms with Crippen LogP contribution in [-0.2, 0) is 6.42 Å². The molecule has 0 saturated heterocycles. The number of rotatable bonds is 4. The summed E-state index contributed by atoms with van der Waals surface area (Å²) in [5, 5.41) is 9.79. The lowest BCUT2D eigenvalue weighted by atomic mass is 9.99. The molecule has 1 aliphatic heterocycles. The van der Waals surface area contributed by atoms with E-state index in [2.05, 4.69) is 43.5 Å². The van der Waals surface area contributed by atoms with Crippen molar-refractivity contribution in [3.8, 4) is 11.5 Å². The van der Waals surface area contributed by atoms with E-state index in [-0.39, 0.29) is 11.9 Å². The van der Waals surface area contributed by atoms with Crippen LogP contribution >= 0.6 is 0 Å². The number of nitrogens with zero attached hydrogens (tertiary/aromatic N) is 1. The van der Waals surface area contributed by atoms with Crippen molar-refractivity contribution >= 4 is 5.69 Å². The van der Waals surface area contributed by atoms with Gasteiger partial charge in [-0.25, -0.2) is 0 Å². The van der Waals surface area contributed by atoms with Gasteiger partial charge in [-0.2, -0.15) is 0 Å². The summed E-state index contributed by atoms with van der Waals surface area (Å²) in [5.41, 5.74) is 6.02. The minimum Gasteiger partial charge on any atom is -0.508 e. The largest absolute Gasteiger partial charge is 0.508 e. The van der Waals surface area contributed by atoms with Gasteiger partial charge in [0.2, 0.25) is 0 Å². The molecule has 1 N–H and O–H groups in total. The Morgan fingerprint density at radius 2 is 2.04 bits per heavy atom. The summed E-state index contributed by atoms with van der Waals surface area (Å²) >= 11 is 0. The van der Waals surface area contributed by atoms with Crippen LogP contribution in [0, 0.1) is 13.8 Å². The van der Waals surface area contributed by atoms with Crippen LogP contribution in [0.3, 0.4) is 0 Å². The van der Waals surface area contributed by atoms with Gasteiger partial charge in [0.25, 0.3) is 0 Å². The van der Waals surface area contributed by atoms with E-state index in [0.29, 0.717) is 0 Å². The van der Waals surface area contributed by atoms with Crippen molar-refractivity contribution in [1.29, 1.82) is 0 Å². The van der Waals surface area contributed by atoms with Crippen molar-refractivity contribution in [2.24, 2.45) is 0 Å². The molecule has 0 aliphatic carbocycles. The predicted molar refractivity (Wildman–Crippen MR) is 99.2 cm³/mol. The summed E-state index contributed by atoms with van der Waals surface area (Å²) in [6.45, 7) is 12.0. The first-order valence-corrected chi connectivity index (χ1v) is 8.37. The van der Waals surface area contributed by atoms with E-state index in [0.717, 1.165) is 36.5 Å². The topological polar surface area (TPSA) is 32.7 Å². The zero-order chi connectivity index (χ0) is 17.3. The number of benzene rings is 2. The SMILES string of the molecule is C=C(C)CN1CC(Cc2ccc(C)cc2C)Oc2cc(O)ccc21. The number of phenolic OH excluding ortho intramolecular Hbond substituents is 1. The summed E-state index contributed by atoms with van der Waals surface area (Å²) in [6, 6.07) is 11.9. The van der Waals surface area contributed by atoms with Crippen molar-refractivity contribution in [2.45, 2.75) is 33.3 Å². The molecule has 2 aromatic carbocycles. The van der Waals surface area contributed by atoms with E-state index in [1.54, 1.807) is 12.1 Å². The van der Waals surface area contributed by atoms with Crippen LogP contribution in [0.4, 0.5) is 5.69 Å². The van der Waals surface area contributed by atoms with Gasteiger partial charge in [0.05, 0.1) is 12.2 Å². The Morgan fingerprint density at radius 3 is 2.75 bits per heavy atom. The number of hydrogen-bond donors (Lipinski definition) is 1. The van der Waals surface area contributed by atoms with Gasteiger partial charge in [-0.1, -0.05) is 35.9 Å². The first kappa shape index (κ1) is 16.4. The second kappa shape index (κ2) is 6.60. The molecule has 0 saturated carbocycles. The molecule has 0 bridgehead atoms. The molecule has 1 aliphatic rings. The van der Waals surface area contributed by atoms with Crippen LogP contribution in [0.1, 0.15) is 23.6 Å². The summed E-state index contributed by atoms with van der Waals surface area (Å²) in [4.78, 5) is 2.29. The van der Waals surface area contributed by atoms with E-state index in [9.17, 15) is 5.11 Å². The minimum atomic E-state index is 0.0556. The van der Waals surface area contributed by atoms with Crippen LogP contribution in [0.15, 0.2) is 48.6 Å². The minimum absolute atomic E-state index is 0.0556. The summed E-state index contributed by atoms with van der Waals surface area (Å²) in [5.74, 6) is 0.980. The summed E-state index contributed by atoms with van der Waals surface area (Å²) in [7, 11) is 0. The lowest BCUT2D eigenvalue weighted by molar-refractivity contribution is 0.193. The van der Waals surface area contributed by atoms with E-state index < -0.39 is 0 Å². The van der Waals surface area contributed by atoms with E-state index >= 15 is 0 Å². The van der Waals surface area contributed by atoms with Gasteiger partial charge >= 0.3 is 0 Å². The molecule has 0 radical (unpaired) electrons. The van der Waals surface area contributed by atoms with Crippen molar-refractivity contribution in [3.05, 3.63) is 65.2 Å². The van der Waals surface area contributed by atoms with Crippen LogP contribution in [0.2, 0.25) is 0 Å². The second-order valence-corrected chi connectivity index (χ2v) is 6.86. The van der Waals surface area contributed by atoms with Crippen LogP contribution in [0.5, 0.6) is 11.5 Å². The average molecular weight is 323 g/mol. The Hall–Kier alpha value is -2.42. The number of phenols is 1. The second-order valence-electron chi connectivity index (χ2n) is 6.86. The highest BCUT2D eigenvalue weighted by atomic mass is 16.5. The van der Waals surface area contributed by atoms with Crippen LogP contribution in [-0.4, -0.2) is 24.3 Å². The standard InChI is InChI=1S/C21H25NO2/c1-14(2)12-22-13-19(10-17-6-5-15(3)9-16(17)4)24-21-11-18(23)7-8-20(21)22/h5-9,11,19,23H,1,10,12-13H2,2-4H3. The summed E-state index contributed by atoms with van der Waals surface area (Å²) in [6.07, 6.45) is 0.911. The van der Waals surface area contributed by atoms with Crippen molar-refractivity contribution in [3.63, 3.8) is 0 Å². The number of aromatic hydroxyl groups is 1. The molecular weight excluding hydrogens is 298 g/mol. The Labute approximate surface area is 144 Å². The molecule has 0 aromatic heterocycles. The Balaban J connectivity index is 1.86.